The molecule has 0 amide bonds. The molecule has 0 unspecified atom stereocenters. The fraction of sp³-hybridized carbons (Fsp3) is 0.286. The number of benzene rings is 2. The molecule has 2 rings (SSSR count). The van der Waals surface area contributed by atoms with E-state index in [1.54, 1.807) is 60.7 Å². The van der Waals surface area contributed by atoms with Gasteiger partial charge in [0.25, 0.3) is 0 Å². The number of rotatable bonds is 13. The van der Waals surface area contributed by atoms with Gasteiger partial charge >= 0.3 is 11.9 Å². The molecule has 0 saturated carbocycles. The molecule has 0 atom stereocenters. The number of hydrogen-bond acceptors (Lipinski definition) is 6. The number of allylic oxidation sites excluding steroid dienone is 2. The summed E-state index contributed by atoms with van der Waals surface area (Å²) in [7, 11) is 0. The zero-order chi connectivity index (χ0) is 24.8. The molecule has 0 aliphatic heterocycles. The lowest BCUT2D eigenvalue weighted by molar-refractivity contribution is -0.135. The normalized spacial score (nSPS) is 11.6. The Morgan fingerprint density at radius 2 is 1.00 bits per heavy atom. The highest BCUT2D eigenvalue weighted by atomic mass is 16.5. The summed E-state index contributed by atoms with van der Waals surface area (Å²) in [5.74, 6) is 0.276. The van der Waals surface area contributed by atoms with Crippen molar-refractivity contribution in [1.29, 1.82) is 0 Å². The largest absolute Gasteiger partial charge is 0.427 e. The van der Waals surface area contributed by atoms with E-state index in [0.717, 1.165) is 25.7 Å². The molecule has 0 N–H and O–H groups in total. The van der Waals surface area contributed by atoms with Crippen LogP contribution in [0, 0.1) is 0 Å². The second-order valence-electron chi connectivity index (χ2n) is 7.73. The molecule has 6 nitrogen and oxygen atoms in total. The van der Waals surface area contributed by atoms with Gasteiger partial charge in [0.2, 0.25) is 0 Å². The molecule has 0 aliphatic carbocycles. The van der Waals surface area contributed by atoms with Crippen molar-refractivity contribution in [3.63, 3.8) is 0 Å². The first-order valence-electron chi connectivity index (χ1n) is 11.4. The van der Waals surface area contributed by atoms with Crippen LogP contribution in [0.15, 0.2) is 59.7 Å². The minimum Gasteiger partial charge on any atom is -0.427 e. The van der Waals surface area contributed by atoms with E-state index >= 15 is 0 Å². The molecule has 0 fully saturated rings. The molecule has 34 heavy (non-hydrogen) atoms. The van der Waals surface area contributed by atoms with Gasteiger partial charge in [-0.1, -0.05) is 51.0 Å². The smallest absolute Gasteiger partial charge is 0.311 e. The first-order chi connectivity index (χ1) is 16.5. The Labute approximate surface area is 200 Å². The number of aldehydes is 2. The van der Waals surface area contributed by atoms with Gasteiger partial charge in [-0.3, -0.25) is 19.2 Å². The first-order valence-corrected chi connectivity index (χ1v) is 11.4. The van der Waals surface area contributed by atoms with Crippen LogP contribution in [0.5, 0.6) is 11.5 Å². The Bertz CT molecular complexity index is 944. The summed E-state index contributed by atoms with van der Waals surface area (Å²) >= 11 is 0. The van der Waals surface area contributed by atoms with Gasteiger partial charge in [-0.2, -0.15) is 0 Å². The van der Waals surface area contributed by atoms with E-state index in [9.17, 15) is 19.2 Å². The van der Waals surface area contributed by atoms with Crippen molar-refractivity contribution in [1.82, 2.24) is 0 Å². The predicted octanol–water partition coefficient (Wildman–Crippen LogP) is 5.74. The Morgan fingerprint density at radius 1 is 0.647 bits per heavy atom. The van der Waals surface area contributed by atoms with Crippen molar-refractivity contribution in [2.45, 2.75) is 52.4 Å². The van der Waals surface area contributed by atoms with E-state index in [0.29, 0.717) is 48.0 Å². The molecule has 2 aromatic rings. The van der Waals surface area contributed by atoms with Gasteiger partial charge in [-0.25, -0.2) is 0 Å². The summed E-state index contributed by atoms with van der Waals surface area (Å²) in [6, 6.07) is 13.4. The molecule has 0 heterocycles. The second-order valence-corrected chi connectivity index (χ2v) is 7.73. The molecule has 0 spiro atoms. The number of ether oxygens (including phenoxy) is 2. The Balaban J connectivity index is 2.11. The lowest BCUT2D eigenvalue weighted by Gasteiger charge is -2.06. The Kier molecular flexibility index (Phi) is 11.2. The Hall–Kier alpha value is -3.80. The average Bonchev–Trinajstić information content (AvgIpc) is 2.85. The van der Waals surface area contributed by atoms with Crippen molar-refractivity contribution in [3.8, 4) is 11.5 Å². The van der Waals surface area contributed by atoms with Gasteiger partial charge in [0.15, 0.2) is 12.6 Å². The second kappa shape index (κ2) is 14.4. The number of carbonyl (C=O) groups is 4. The van der Waals surface area contributed by atoms with E-state index < -0.39 is 0 Å². The van der Waals surface area contributed by atoms with Gasteiger partial charge < -0.3 is 9.47 Å². The topological polar surface area (TPSA) is 86.7 Å². The number of unbranched alkanes of at least 4 members (excludes halogenated alkanes) is 2. The maximum atomic E-state index is 11.7. The molecule has 0 saturated heterocycles. The van der Waals surface area contributed by atoms with Crippen molar-refractivity contribution >= 4 is 36.7 Å². The highest BCUT2D eigenvalue weighted by molar-refractivity contribution is 6.02. The molecule has 0 radical (unpaired) electrons. The van der Waals surface area contributed by atoms with Crippen LogP contribution in [0.1, 0.15) is 63.5 Å². The van der Waals surface area contributed by atoms with E-state index in [4.69, 9.17) is 9.47 Å². The molecule has 2 aromatic carbocycles. The van der Waals surface area contributed by atoms with E-state index in [2.05, 4.69) is 0 Å². The van der Waals surface area contributed by atoms with Gasteiger partial charge in [-0.15, -0.1) is 0 Å². The van der Waals surface area contributed by atoms with Crippen molar-refractivity contribution in [2.75, 3.05) is 0 Å². The highest BCUT2D eigenvalue weighted by Gasteiger charge is 2.08. The first kappa shape index (κ1) is 26.5. The molecular weight excluding hydrogens is 432 g/mol. The molecule has 0 bridgehead atoms. The number of carbonyl (C=O) groups excluding carboxylic acids is 4. The van der Waals surface area contributed by atoms with Gasteiger partial charge in [0.1, 0.15) is 11.5 Å². The van der Waals surface area contributed by atoms with Crippen LogP contribution in [0.2, 0.25) is 0 Å². The van der Waals surface area contributed by atoms with E-state index in [-0.39, 0.29) is 23.1 Å². The lowest BCUT2D eigenvalue weighted by atomic mass is 10.0. The SMILES string of the molecule is CCCCC(=O)Oc1ccc(C=C(C=O)C(C=O)=Cc2ccc(OC(=O)CCCC)cc2)cc1. The molecule has 0 aliphatic rings. The van der Waals surface area contributed by atoms with Crippen LogP contribution in [0.25, 0.3) is 12.2 Å². The fourth-order valence-electron chi connectivity index (χ4n) is 3.00. The quantitative estimate of drug-likeness (QED) is 0.124. The highest BCUT2D eigenvalue weighted by Crippen LogP contribution is 2.20. The monoisotopic (exact) mass is 462 g/mol. The maximum Gasteiger partial charge on any atom is 0.311 e. The summed E-state index contributed by atoms with van der Waals surface area (Å²) in [4.78, 5) is 46.9. The van der Waals surface area contributed by atoms with Crippen LogP contribution in [-0.2, 0) is 19.2 Å². The fourth-order valence-corrected chi connectivity index (χ4v) is 3.00. The summed E-state index contributed by atoms with van der Waals surface area (Å²) < 4.78 is 10.6. The number of hydrogen-bond donors (Lipinski definition) is 0. The predicted molar refractivity (Wildman–Crippen MR) is 131 cm³/mol. The Morgan fingerprint density at radius 3 is 1.29 bits per heavy atom. The minimum absolute atomic E-state index is 0.206. The van der Waals surface area contributed by atoms with Crippen molar-refractivity contribution in [3.05, 3.63) is 70.8 Å². The van der Waals surface area contributed by atoms with Crippen LogP contribution in [0.4, 0.5) is 0 Å². The summed E-state index contributed by atoms with van der Waals surface area (Å²) in [5, 5.41) is 0. The standard InChI is InChI=1S/C28H30O6/c1-3-5-7-27(31)33-25-13-9-21(10-14-25)17-23(19-29)24(20-30)18-22-11-15-26(16-12-22)34-28(32)8-6-4-2/h9-20H,3-8H2,1-2H3. The zero-order valence-electron chi connectivity index (χ0n) is 19.6. The van der Waals surface area contributed by atoms with Crippen LogP contribution in [-0.4, -0.2) is 24.5 Å². The summed E-state index contributed by atoms with van der Waals surface area (Å²) in [6.45, 7) is 4.00. The third-order valence-corrected chi connectivity index (χ3v) is 4.92. The lowest BCUT2D eigenvalue weighted by Crippen LogP contribution is -2.07. The number of esters is 2. The van der Waals surface area contributed by atoms with Crippen LogP contribution < -0.4 is 9.47 Å². The summed E-state index contributed by atoms with van der Waals surface area (Å²) in [5.41, 5.74) is 1.77. The van der Waals surface area contributed by atoms with E-state index in [1.165, 1.54) is 0 Å². The minimum atomic E-state index is -0.286. The molecular formula is C28H30O6. The van der Waals surface area contributed by atoms with Crippen molar-refractivity contribution in [2.24, 2.45) is 0 Å². The summed E-state index contributed by atoms with van der Waals surface area (Å²) in [6.07, 6.45) is 8.50. The molecule has 0 aromatic heterocycles. The maximum absolute atomic E-state index is 11.7. The molecule has 178 valence electrons. The van der Waals surface area contributed by atoms with E-state index in [1.807, 2.05) is 13.8 Å². The third-order valence-electron chi connectivity index (χ3n) is 4.92. The zero-order valence-corrected chi connectivity index (χ0v) is 19.6. The van der Waals surface area contributed by atoms with Crippen LogP contribution in [0.3, 0.4) is 0 Å². The van der Waals surface area contributed by atoms with Gasteiger partial charge in [0, 0.05) is 24.0 Å². The van der Waals surface area contributed by atoms with Crippen molar-refractivity contribution < 1.29 is 28.7 Å². The van der Waals surface area contributed by atoms with Gasteiger partial charge in [-0.05, 0) is 60.4 Å². The molecule has 6 heteroatoms. The third kappa shape index (κ3) is 8.98. The average molecular weight is 463 g/mol. The van der Waals surface area contributed by atoms with Gasteiger partial charge in [0.05, 0.1) is 0 Å². The van der Waals surface area contributed by atoms with Crippen LogP contribution >= 0.6 is 0 Å².